The van der Waals surface area contributed by atoms with Gasteiger partial charge in [0.25, 0.3) is 5.91 Å². The topological polar surface area (TPSA) is 55.1 Å². The molecule has 5 heteroatoms. The summed E-state index contributed by atoms with van der Waals surface area (Å²) in [5.74, 6) is 0.292. The van der Waals surface area contributed by atoms with Crippen LogP contribution in [0.25, 0.3) is 0 Å². The van der Waals surface area contributed by atoms with Crippen molar-refractivity contribution in [1.82, 2.24) is 5.32 Å². The Balaban J connectivity index is 2.75. The summed E-state index contributed by atoms with van der Waals surface area (Å²) in [5.41, 5.74) is 6.36. The lowest BCUT2D eigenvalue weighted by Crippen LogP contribution is -2.25. The Hall–Kier alpha value is -0.930. The van der Waals surface area contributed by atoms with Crippen LogP contribution in [-0.4, -0.2) is 12.5 Å². The molecule has 1 rings (SSSR count). The van der Waals surface area contributed by atoms with E-state index < -0.39 is 0 Å². The molecular weight excluding hydrogens is 259 g/mol. The maximum absolute atomic E-state index is 11.8. The fourth-order valence-electron chi connectivity index (χ4n) is 1.34. The van der Waals surface area contributed by atoms with E-state index in [-0.39, 0.29) is 10.9 Å². The molecule has 1 aromatic carbocycles. The zero-order valence-electron chi connectivity index (χ0n) is 9.89. The van der Waals surface area contributed by atoms with E-state index in [4.69, 9.17) is 28.9 Å². The molecule has 0 fully saturated rings. The predicted octanol–water partition coefficient (Wildman–Crippen LogP) is 3.35. The van der Waals surface area contributed by atoms with Crippen LogP contribution in [0.5, 0.6) is 0 Å². The summed E-state index contributed by atoms with van der Waals surface area (Å²) >= 11 is 11.8. The van der Waals surface area contributed by atoms with Gasteiger partial charge in [-0.3, -0.25) is 4.79 Å². The smallest absolute Gasteiger partial charge is 0.252 e. The van der Waals surface area contributed by atoms with Gasteiger partial charge in [-0.05, 0) is 24.5 Å². The van der Waals surface area contributed by atoms with Gasteiger partial charge < -0.3 is 11.1 Å². The standard InChI is InChI=1S/C12H16Cl2N2O/c1-7(2)3-4-16-12(17)9-5-8(15)6-10(13)11(9)14/h5-7H,3-4,15H2,1-2H3,(H,16,17). The van der Waals surface area contributed by atoms with Crippen LogP contribution in [0, 0.1) is 5.92 Å². The number of nitrogens with two attached hydrogens (primary N) is 1. The molecule has 0 atom stereocenters. The average molecular weight is 275 g/mol. The molecule has 0 aromatic heterocycles. The summed E-state index contributed by atoms with van der Waals surface area (Å²) in [6.07, 6.45) is 0.916. The maximum Gasteiger partial charge on any atom is 0.252 e. The maximum atomic E-state index is 11.8. The first-order chi connectivity index (χ1) is 7.91. The number of halogens is 2. The third kappa shape index (κ3) is 4.10. The molecule has 0 aliphatic rings. The third-order valence-electron chi connectivity index (χ3n) is 2.30. The molecule has 1 aromatic rings. The molecule has 0 heterocycles. The van der Waals surface area contributed by atoms with Crippen molar-refractivity contribution in [3.8, 4) is 0 Å². The molecular formula is C12H16Cl2N2O. The lowest BCUT2D eigenvalue weighted by Gasteiger charge is -2.09. The molecule has 3 nitrogen and oxygen atoms in total. The zero-order valence-corrected chi connectivity index (χ0v) is 11.4. The number of hydrogen-bond donors (Lipinski definition) is 2. The predicted molar refractivity (Wildman–Crippen MR) is 72.7 cm³/mol. The molecule has 0 unspecified atom stereocenters. The van der Waals surface area contributed by atoms with Gasteiger partial charge in [-0.1, -0.05) is 37.0 Å². The molecule has 94 valence electrons. The van der Waals surface area contributed by atoms with E-state index >= 15 is 0 Å². The number of carbonyl (C=O) groups excluding carboxylic acids is 1. The number of nitrogens with one attached hydrogen (secondary N) is 1. The van der Waals surface area contributed by atoms with Crippen molar-refractivity contribution in [2.75, 3.05) is 12.3 Å². The van der Waals surface area contributed by atoms with Crippen molar-refractivity contribution in [2.45, 2.75) is 20.3 Å². The van der Waals surface area contributed by atoms with Crippen LogP contribution in [0.2, 0.25) is 10.0 Å². The molecule has 1 amide bonds. The van der Waals surface area contributed by atoms with Crippen LogP contribution in [0.4, 0.5) is 5.69 Å². The lowest BCUT2D eigenvalue weighted by atomic mass is 10.1. The van der Waals surface area contributed by atoms with E-state index in [1.165, 1.54) is 12.1 Å². The molecule has 0 bridgehead atoms. The Labute approximate surface area is 111 Å². The van der Waals surface area contributed by atoms with E-state index in [9.17, 15) is 4.79 Å². The number of rotatable bonds is 4. The van der Waals surface area contributed by atoms with E-state index in [1.54, 1.807) is 0 Å². The van der Waals surface area contributed by atoms with E-state index in [2.05, 4.69) is 19.2 Å². The molecule has 3 N–H and O–H groups in total. The number of hydrogen-bond acceptors (Lipinski definition) is 2. The van der Waals surface area contributed by atoms with Crippen LogP contribution >= 0.6 is 23.2 Å². The Morgan fingerprint density at radius 3 is 2.65 bits per heavy atom. The first kappa shape index (κ1) is 14.1. The molecule has 0 saturated heterocycles. The molecule has 0 radical (unpaired) electrons. The minimum Gasteiger partial charge on any atom is -0.399 e. The van der Waals surface area contributed by atoms with Gasteiger partial charge in [-0.2, -0.15) is 0 Å². The highest BCUT2D eigenvalue weighted by Crippen LogP contribution is 2.28. The Bertz CT molecular complexity index is 419. The van der Waals surface area contributed by atoms with Crippen LogP contribution in [0.15, 0.2) is 12.1 Å². The Morgan fingerprint density at radius 1 is 1.41 bits per heavy atom. The summed E-state index contributed by atoms with van der Waals surface area (Å²) in [7, 11) is 0. The van der Waals surface area contributed by atoms with Crippen molar-refractivity contribution in [3.63, 3.8) is 0 Å². The Morgan fingerprint density at radius 2 is 2.06 bits per heavy atom. The monoisotopic (exact) mass is 274 g/mol. The summed E-state index contributed by atoms with van der Waals surface area (Å²) in [6.45, 7) is 4.80. The van der Waals surface area contributed by atoms with Gasteiger partial charge >= 0.3 is 0 Å². The molecule has 0 aliphatic heterocycles. The second-order valence-electron chi connectivity index (χ2n) is 4.30. The minimum absolute atomic E-state index is 0.239. The normalized spacial score (nSPS) is 10.6. The minimum atomic E-state index is -0.246. The van der Waals surface area contributed by atoms with Gasteiger partial charge in [-0.15, -0.1) is 0 Å². The van der Waals surface area contributed by atoms with E-state index in [0.29, 0.717) is 28.7 Å². The molecule has 0 spiro atoms. The largest absolute Gasteiger partial charge is 0.399 e. The second-order valence-corrected chi connectivity index (χ2v) is 5.09. The molecule has 17 heavy (non-hydrogen) atoms. The highest BCUT2D eigenvalue weighted by molar-refractivity contribution is 6.44. The summed E-state index contributed by atoms with van der Waals surface area (Å²) < 4.78 is 0. The Kier molecular flexibility index (Phi) is 5.09. The van der Waals surface area contributed by atoms with Crippen molar-refractivity contribution in [3.05, 3.63) is 27.7 Å². The number of nitrogen functional groups attached to an aromatic ring is 1. The first-order valence-corrected chi connectivity index (χ1v) is 6.20. The van der Waals surface area contributed by atoms with Gasteiger partial charge in [0, 0.05) is 12.2 Å². The van der Waals surface area contributed by atoms with Crippen LogP contribution in [0.3, 0.4) is 0 Å². The highest BCUT2D eigenvalue weighted by Gasteiger charge is 2.13. The summed E-state index contributed by atoms with van der Waals surface area (Å²) in [5, 5.41) is 3.32. The molecule has 0 aliphatic carbocycles. The summed E-state index contributed by atoms with van der Waals surface area (Å²) in [6, 6.07) is 3.05. The fraction of sp³-hybridized carbons (Fsp3) is 0.417. The van der Waals surface area contributed by atoms with Gasteiger partial charge in [0.2, 0.25) is 0 Å². The summed E-state index contributed by atoms with van der Waals surface area (Å²) in [4.78, 5) is 11.8. The lowest BCUT2D eigenvalue weighted by molar-refractivity contribution is 0.0952. The van der Waals surface area contributed by atoms with Gasteiger partial charge in [-0.25, -0.2) is 0 Å². The first-order valence-electron chi connectivity index (χ1n) is 5.44. The third-order valence-corrected chi connectivity index (χ3v) is 3.10. The van der Waals surface area contributed by atoms with Gasteiger partial charge in [0.15, 0.2) is 0 Å². The highest BCUT2D eigenvalue weighted by atomic mass is 35.5. The van der Waals surface area contributed by atoms with Crippen molar-refractivity contribution < 1.29 is 4.79 Å². The number of amides is 1. The van der Waals surface area contributed by atoms with Crippen LogP contribution in [0.1, 0.15) is 30.6 Å². The van der Waals surface area contributed by atoms with E-state index in [0.717, 1.165) is 6.42 Å². The van der Waals surface area contributed by atoms with Gasteiger partial charge in [0.1, 0.15) is 0 Å². The van der Waals surface area contributed by atoms with Gasteiger partial charge in [0.05, 0.1) is 15.6 Å². The quantitative estimate of drug-likeness (QED) is 0.828. The number of carbonyl (C=O) groups is 1. The average Bonchev–Trinajstić information content (AvgIpc) is 2.22. The number of anilines is 1. The van der Waals surface area contributed by atoms with Crippen LogP contribution < -0.4 is 11.1 Å². The van der Waals surface area contributed by atoms with Crippen molar-refractivity contribution in [1.29, 1.82) is 0 Å². The van der Waals surface area contributed by atoms with E-state index in [1.807, 2.05) is 0 Å². The van der Waals surface area contributed by atoms with Crippen LogP contribution in [-0.2, 0) is 0 Å². The van der Waals surface area contributed by atoms with Crippen molar-refractivity contribution >= 4 is 34.8 Å². The van der Waals surface area contributed by atoms with Crippen molar-refractivity contribution in [2.24, 2.45) is 5.92 Å². The molecule has 0 saturated carbocycles. The second kappa shape index (κ2) is 6.12. The fourth-order valence-corrected chi connectivity index (χ4v) is 1.77. The number of benzene rings is 1. The zero-order chi connectivity index (χ0) is 13.0. The SMILES string of the molecule is CC(C)CCNC(=O)c1cc(N)cc(Cl)c1Cl.